The predicted molar refractivity (Wildman–Crippen MR) is 38.0 cm³/mol. The van der Waals surface area contributed by atoms with E-state index in [4.69, 9.17) is 19.9 Å². The molecule has 2 saturated heterocycles. The monoisotopic (exact) mass is 159 g/mol. The van der Waals surface area contributed by atoms with E-state index in [1.807, 2.05) is 0 Å². The number of hydrogen-bond acceptors (Lipinski definition) is 4. The van der Waals surface area contributed by atoms with Gasteiger partial charge in [0, 0.05) is 6.42 Å². The van der Waals surface area contributed by atoms with Crippen LogP contribution in [0.5, 0.6) is 0 Å². The molecule has 0 bridgehead atoms. The standard InChI is InChI=1S/C7H13NO3/c8-6-5-9-2-1-7(6)10-3-4-11-7/h6H,1-5,8H2. The highest BCUT2D eigenvalue weighted by atomic mass is 16.7. The lowest BCUT2D eigenvalue weighted by Crippen LogP contribution is -2.55. The molecule has 4 nitrogen and oxygen atoms in total. The maximum absolute atomic E-state index is 5.80. The van der Waals surface area contributed by atoms with Crippen LogP contribution in [0, 0.1) is 0 Å². The predicted octanol–water partition coefficient (Wildman–Crippen LogP) is -0.523. The van der Waals surface area contributed by atoms with Gasteiger partial charge in [0.25, 0.3) is 0 Å². The van der Waals surface area contributed by atoms with E-state index in [0.29, 0.717) is 26.4 Å². The third kappa shape index (κ3) is 1.16. The Morgan fingerprint density at radius 3 is 2.55 bits per heavy atom. The minimum atomic E-state index is -0.516. The van der Waals surface area contributed by atoms with E-state index in [2.05, 4.69) is 0 Å². The Morgan fingerprint density at radius 1 is 1.18 bits per heavy atom. The summed E-state index contributed by atoms with van der Waals surface area (Å²) in [5.41, 5.74) is 5.80. The van der Waals surface area contributed by atoms with Crippen LogP contribution in [0.25, 0.3) is 0 Å². The Balaban J connectivity index is 2.07. The molecule has 2 heterocycles. The van der Waals surface area contributed by atoms with Gasteiger partial charge in [0.2, 0.25) is 0 Å². The topological polar surface area (TPSA) is 53.7 Å². The summed E-state index contributed by atoms with van der Waals surface area (Å²) in [7, 11) is 0. The van der Waals surface area contributed by atoms with Crippen molar-refractivity contribution in [2.75, 3.05) is 26.4 Å². The molecule has 64 valence electrons. The van der Waals surface area contributed by atoms with Crippen molar-refractivity contribution in [1.29, 1.82) is 0 Å². The van der Waals surface area contributed by atoms with Gasteiger partial charge in [-0.2, -0.15) is 0 Å². The van der Waals surface area contributed by atoms with Crippen LogP contribution in [-0.2, 0) is 14.2 Å². The average Bonchev–Trinajstić information content (AvgIpc) is 2.46. The largest absolute Gasteiger partial charge is 0.379 e. The summed E-state index contributed by atoms with van der Waals surface area (Å²) in [6, 6.07) is -0.126. The van der Waals surface area contributed by atoms with Gasteiger partial charge in [0.15, 0.2) is 5.79 Å². The second-order valence-electron chi connectivity index (χ2n) is 2.94. The van der Waals surface area contributed by atoms with Crippen molar-refractivity contribution in [3.63, 3.8) is 0 Å². The molecule has 2 rings (SSSR count). The fourth-order valence-corrected chi connectivity index (χ4v) is 1.57. The molecule has 0 radical (unpaired) electrons. The van der Waals surface area contributed by atoms with Gasteiger partial charge in [0.1, 0.15) is 0 Å². The van der Waals surface area contributed by atoms with E-state index >= 15 is 0 Å². The SMILES string of the molecule is NC1COCCC12OCCO2. The number of nitrogens with two attached hydrogens (primary N) is 1. The molecule has 1 spiro atoms. The minimum absolute atomic E-state index is 0.126. The first-order valence-corrected chi connectivity index (χ1v) is 3.95. The normalized spacial score (nSPS) is 36.3. The molecule has 4 heteroatoms. The van der Waals surface area contributed by atoms with Gasteiger partial charge in [-0.25, -0.2) is 0 Å². The minimum Gasteiger partial charge on any atom is -0.379 e. The summed E-state index contributed by atoms with van der Waals surface area (Å²) >= 11 is 0. The zero-order valence-corrected chi connectivity index (χ0v) is 6.41. The van der Waals surface area contributed by atoms with Crippen LogP contribution in [0.2, 0.25) is 0 Å². The molecule has 0 saturated carbocycles. The van der Waals surface area contributed by atoms with Crippen molar-refractivity contribution < 1.29 is 14.2 Å². The van der Waals surface area contributed by atoms with Crippen molar-refractivity contribution in [2.45, 2.75) is 18.2 Å². The van der Waals surface area contributed by atoms with Gasteiger partial charge in [-0.1, -0.05) is 0 Å². The first kappa shape index (κ1) is 7.49. The van der Waals surface area contributed by atoms with Crippen LogP contribution in [0.15, 0.2) is 0 Å². The molecule has 1 unspecified atom stereocenters. The van der Waals surface area contributed by atoms with E-state index < -0.39 is 5.79 Å². The molecule has 0 aromatic carbocycles. The lowest BCUT2D eigenvalue weighted by molar-refractivity contribution is -0.214. The van der Waals surface area contributed by atoms with Gasteiger partial charge in [-0.15, -0.1) is 0 Å². The Morgan fingerprint density at radius 2 is 1.91 bits per heavy atom. The summed E-state index contributed by atoms with van der Waals surface area (Å²) in [6.07, 6.45) is 0.758. The van der Waals surface area contributed by atoms with E-state index in [0.717, 1.165) is 6.42 Å². The molecule has 2 aliphatic rings. The maximum Gasteiger partial charge on any atom is 0.188 e. The highest BCUT2D eigenvalue weighted by molar-refractivity contribution is 4.88. The summed E-state index contributed by atoms with van der Waals surface area (Å²) in [4.78, 5) is 0. The molecule has 0 amide bonds. The maximum atomic E-state index is 5.80. The second kappa shape index (κ2) is 2.71. The lowest BCUT2D eigenvalue weighted by atomic mass is 10.0. The smallest absolute Gasteiger partial charge is 0.188 e. The molecule has 2 fully saturated rings. The molecular formula is C7H13NO3. The summed E-state index contributed by atoms with van der Waals surface area (Å²) in [5.74, 6) is -0.516. The van der Waals surface area contributed by atoms with Gasteiger partial charge in [0.05, 0.1) is 32.5 Å². The molecule has 0 aromatic heterocycles. The van der Waals surface area contributed by atoms with E-state index in [9.17, 15) is 0 Å². The van der Waals surface area contributed by atoms with Crippen LogP contribution in [0.3, 0.4) is 0 Å². The van der Waals surface area contributed by atoms with E-state index in [1.165, 1.54) is 0 Å². The number of rotatable bonds is 0. The fourth-order valence-electron chi connectivity index (χ4n) is 1.57. The molecule has 11 heavy (non-hydrogen) atoms. The van der Waals surface area contributed by atoms with Gasteiger partial charge < -0.3 is 19.9 Å². The van der Waals surface area contributed by atoms with Crippen LogP contribution in [0.1, 0.15) is 6.42 Å². The molecule has 2 N–H and O–H groups in total. The van der Waals surface area contributed by atoms with Crippen LogP contribution in [0.4, 0.5) is 0 Å². The molecule has 0 aliphatic carbocycles. The van der Waals surface area contributed by atoms with Gasteiger partial charge in [-0.3, -0.25) is 0 Å². The summed E-state index contributed by atoms with van der Waals surface area (Å²) < 4.78 is 16.1. The fraction of sp³-hybridized carbons (Fsp3) is 1.00. The van der Waals surface area contributed by atoms with Crippen molar-refractivity contribution in [1.82, 2.24) is 0 Å². The van der Waals surface area contributed by atoms with Crippen molar-refractivity contribution in [3.05, 3.63) is 0 Å². The second-order valence-corrected chi connectivity index (χ2v) is 2.94. The zero-order valence-electron chi connectivity index (χ0n) is 6.41. The summed E-state index contributed by atoms with van der Waals surface area (Å²) in [6.45, 7) is 2.55. The average molecular weight is 159 g/mol. The number of hydrogen-bond donors (Lipinski definition) is 1. The van der Waals surface area contributed by atoms with E-state index in [-0.39, 0.29) is 6.04 Å². The van der Waals surface area contributed by atoms with Crippen molar-refractivity contribution >= 4 is 0 Å². The molecule has 2 aliphatic heterocycles. The third-order valence-corrected chi connectivity index (χ3v) is 2.23. The molecular weight excluding hydrogens is 146 g/mol. The quantitative estimate of drug-likeness (QED) is 0.516. The molecule has 1 atom stereocenters. The van der Waals surface area contributed by atoms with Gasteiger partial charge >= 0.3 is 0 Å². The van der Waals surface area contributed by atoms with Crippen LogP contribution in [-0.4, -0.2) is 38.3 Å². The highest BCUT2D eigenvalue weighted by Gasteiger charge is 2.44. The Labute approximate surface area is 65.6 Å². The van der Waals surface area contributed by atoms with Crippen molar-refractivity contribution in [2.24, 2.45) is 5.73 Å². The van der Waals surface area contributed by atoms with Gasteiger partial charge in [-0.05, 0) is 0 Å². The zero-order chi connectivity index (χ0) is 7.73. The van der Waals surface area contributed by atoms with E-state index in [1.54, 1.807) is 0 Å². The Kier molecular flexibility index (Phi) is 1.85. The Hall–Kier alpha value is -0.160. The first-order valence-electron chi connectivity index (χ1n) is 3.95. The first-order chi connectivity index (χ1) is 5.33. The number of ether oxygens (including phenoxy) is 3. The Bertz CT molecular complexity index is 145. The van der Waals surface area contributed by atoms with Crippen LogP contribution >= 0.6 is 0 Å². The molecule has 0 aromatic rings. The highest BCUT2D eigenvalue weighted by Crippen LogP contribution is 2.29. The van der Waals surface area contributed by atoms with Crippen molar-refractivity contribution in [3.8, 4) is 0 Å². The summed E-state index contributed by atoms with van der Waals surface area (Å²) in [5, 5.41) is 0. The van der Waals surface area contributed by atoms with Crippen LogP contribution < -0.4 is 5.73 Å². The third-order valence-electron chi connectivity index (χ3n) is 2.23. The lowest BCUT2D eigenvalue weighted by Gasteiger charge is -2.36.